The van der Waals surface area contributed by atoms with Gasteiger partial charge in [0.15, 0.2) is 5.78 Å². The van der Waals surface area contributed by atoms with Crippen LogP contribution >= 0.6 is 22.9 Å². The Morgan fingerprint density at radius 3 is 2.65 bits per heavy atom. The van der Waals surface area contributed by atoms with Crippen LogP contribution in [0.25, 0.3) is 10.2 Å². The first-order valence-corrected chi connectivity index (χ1v) is 12.9. The number of thiophene rings is 1. The highest BCUT2D eigenvalue weighted by atomic mass is 35.5. The SMILES string of the molecule is O=C1NCC[C@@H]1C[C@@H](NC(=O)[C@@H]1C2CCC(CC2)N1C(=O)c1cc2scc(Cl)c2[nH]1)C(=O)CO. The Kier molecular flexibility index (Phi) is 6.39. The number of piperidine rings is 2. The number of aromatic amines is 1. The number of carbonyl (C=O) groups is 4. The first-order chi connectivity index (χ1) is 16.4. The number of hydrogen-bond acceptors (Lipinski definition) is 6. The largest absolute Gasteiger partial charge is 0.389 e. The monoisotopic (exact) mass is 506 g/mol. The molecule has 1 saturated carbocycles. The van der Waals surface area contributed by atoms with Gasteiger partial charge in [-0.2, -0.15) is 0 Å². The van der Waals surface area contributed by atoms with Gasteiger partial charge in [-0.15, -0.1) is 11.3 Å². The molecule has 2 bridgehead atoms. The maximum Gasteiger partial charge on any atom is 0.271 e. The molecule has 0 aromatic carbocycles. The van der Waals surface area contributed by atoms with E-state index in [0.29, 0.717) is 29.2 Å². The zero-order chi connectivity index (χ0) is 24.0. The average molecular weight is 507 g/mol. The minimum absolute atomic E-state index is 0.00623. The number of halogens is 1. The van der Waals surface area contributed by atoms with E-state index in [-0.39, 0.29) is 30.2 Å². The van der Waals surface area contributed by atoms with Crippen LogP contribution in [0.2, 0.25) is 5.02 Å². The van der Waals surface area contributed by atoms with Crippen molar-refractivity contribution in [2.45, 2.75) is 56.7 Å². The quantitative estimate of drug-likeness (QED) is 0.455. The van der Waals surface area contributed by atoms with Crippen molar-refractivity contribution >= 4 is 56.7 Å². The van der Waals surface area contributed by atoms with E-state index in [9.17, 15) is 24.3 Å². The molecule has 182 valence electrons. The molecule has 9 nitrogen and oxygen atoms in total. The van der Waals surface area contributed by atoms with Crippen molar-refractivity contribution in [3.05, 3.63) is 22.2 Å². The molecule has 11 heteroatoms. The minimum atomic E-state index is -0.974. The number of nitrogens with zero attached hydrogens (tertiary/aromatic N) is 1. The molecule has 34 heavy (non-hydrogen) atoms. The van der Waals surface area contributed by atoms with Gasteiger partial charge in [0.1, 0.15) is 18.3 Å². The number of ketones is 1. The maximum atomic E-state index is 13.6. The lowest BCUT2D eigenvalue weighted by atomic mass is 9.74. The van der Waals surface area contributed by atoms with Crippen molar-refractivity contribution in [3.63, 3.8) is 0 Å². The van der Waals surface area contributed by atoms with Crippen molar-refractivity contribution in [2.75, 3.05) is 13.2 Å². The van der Waals surface area contributed by atoms with E-state index in [1.165, 1.54) is 11.3 Å². The molecule has 0 radical (unpaired) electrons. The summed E-state index contributed by atoms with van der Waals surface area (Å²) >= 11 is 7.65. The van der Waals surface area contributed by atoms with Gasteiger partial charge in [-0.1, -0.05) is 11.6 Å². The molecule has 0 unspecified atom stereocenters. The molecule has 3 aliphatic heterocycles. The van der Waals surface area contributed by atoms with Gasteiger partial charge in [0.05, 0.1) is 21.3 Å². The molecule has 3 amide bonds. The van der Waals surface area contributed by atoms with Crippen LogP contribution < -0.4 is 10.6 Å². The van der Waals surface area contributed by atoms with E-state index < -0.39 is 36.3 Å². The number of hydrogen-bond donors (Lipinski definition) is 4. The molecule has 0 spiro atoms. The molecule has 4 fully saturated rings. The number of rotatable bonds is 7. The van der Waals surface area contributed by atoms with Gasteiger partial charge < -0.3 is 25.6 Å². The third kappa shape index (κ3) is 4.12. The van der Waals surface area contributed by atoms with Gasteiger partial charge in [-0.05, 0) is 50.5 Å². The van der Waals surface area contributed by atoms with Crippen LogP contribution in [0.1, 0.15) is 49.0 Å². The number of aliphatic hydroxyl groups excluding tert-OH is 1. The van der Waals surface area contributed by atoms with E-state index in [0.717, 1.165) is 30.4 Å². The van der Waals surface area contributed by atoms with Gasteiger partial charge >= 0.3 is 0 Å². The lowest BCUT2D eigenvalue weighted by Gasteiger charge is -2.50. The molecule has 3 saturated heterocycles. The predicted molar refractivity (Wildman–Crippen MR) is 127 cm³/mol. The first-order valence-electron chi connectivity index (χ1n) is 11.7. The topological polar surface area (TPSA) is 132 Å². The second-order valence-electron chi connectivity index (χ2n) is 9.43. The smallest absolute Gasteiger partial charge is 0.271 e. The van der Waals surface area contributed by atoms with Crippen LogP contribution in [0.4, 0.5) is 0 Å². The molecule has 4 N–H and O–H groups in total. The molecule has 2 aromatic rings. The van der Waals surface area contributed by atoms with Crippen LogP contribution in [0.3, 0.4) is 0 Å². The summed E-state index contributed by atoms with van der Waals surface area (Å²) in [7, 11) is 0. The highest BCUT2D eigenvalue weighted by Gasteiger charge is 2.48. The minimum Gasteiger partial charge on any atom is -0.389 e. The number of fused-ring (bicyclic) bond motifs is 4. The highest BCUT2D eigenvalue weighted by Crippen LogP contribution is 2.41. The molecule has 4 aliphatic rings. The van der Waals surface area contributed by atoms with Gasteiger partial charge in [0, 0.05) is 23.9 Å². The predicted octanol–water partition coefficient (Wildman–Crippen LogP) is 1.84. The number of H-pyrrole nitrogens is 1. The molecule has 3 atom stereocenters. The Labute approximate surface area is 205 Å². The van der Waals surface area contributed by atoms with E-state index >= 15 is 0 Å². The number of nitrogens with one attached hydrogen (secondary N) is 3. The molecule has 1 aliphatic carbocycles. The van der Waals surface area contributed by atoms with E-state index in [1.807, 2.05) is 0 Å². The zero-order valence-corrected chi connectivity index (χ0v) is 20.1. The third-order valence-electron chi connectivity index (χ3n) is 7.47. The molecular weight excluding hydrogens is 480 g/mol. The fourth-order valence-electron chi connectivity index (χ4n) is 5.71. The number of aliphatic hydroxyl groups is 1. The number of Topliss-reactive ketones (excluding diaryl/α,β-unsaturated/α-hetero) is 1. The van der Waals surface area contributed by atoms with Crippen LogP contribution in [0, 0.1) is 11.8 Å². The summed E-state index contributed by atoms with van der Waals surface area (Å²) < 4.78 is 0.875. The maximum absolute atomic E-state index is 13.6. The van der Waals surface area contributed by atoms with Crippen molar-refractivity contribution in [1.29, 1.82) is 0 Å². The first kappa shape index (κ1) is 23.3. The molecule has 5 heterocycles. The van der Waals surface area contributed by atoms with Gasteiger partial charge in [0.2, 0.25) is 11.8 Å². The summed E-state index contributed by atoms with van der Waals surface area (Å²) in [6.45, 7) is -0.192. The Hall–Kier alpha value is -2.43. The number of amides is 3. The number of carbonyl (C=O) groups excluding carboxylic acids is 4. The average Bonchev–Trinajstić information content (AvgIpc) is 3.55. The molecule has 6 rings (SSSR count). The summed E-state index contributed by atoms with van der Waals surface area (Å²) in [4.78, 5) is 56.3. The van der Waals surface area contributed by atoms with Gasteiger partial charge in [0.25, 0.3) is 5.91 Å². The Balaban J connectivity index is 1.38. The summed E-state index contributed by atoms with van der Waals surface area (Å²) in [6.07, 6.45) is 4.05. The van der Waals surface area contributed by atoms with E-state index in [4.69, 9.17) is 11.6 Å². The Morgan fingerprint density at radius 1 is 1.24 bits per heavy atom. The molecule has 2 aromatic heterocycles. The van der Waals surface area contributed by atoms with Crippen molar-refractivity contribution in [2.24, 2.45) is 11.8 Å². The van der Waals surface area contributed by atoms with Crippen molar-refractivity contribution < 1.29 is 24.3 Å². The standard InChI is InChI=1S/C23H27ClN4O5S/c24-14-10-34-18-8-16(26-19(14)18)23(33)28-13-3-1-11(2-4-13)20(28)22(32)27-15(17(30)9-29)7-12-5-6-25-21(12)31/h8,10-13,15,20,26,29H,1-7,9H2,(H,25,31)(H,27,32)/t11?,12-,13?,15-,20+/m1/s1. The normalized spacial score (nSPS) is 27.1. The van der Waals surface area contributed by atoms with Crippen LogP contribution in [0.15, 0.2) is 11.4 Å². The third-order valence-corrected chi connectivity index (χ3v) is 8.83. The Bertz CT molecular complexity index is 1140. The summed E-state index contributed by atoms with van der Waals surface area (Å²) in [6, 6.07) is 0.0293. The summed E-state index contributed by atoms with van der Waals surface area (Å²) in [5.74, 6) is -1.74. The van der Waals surface area contributed by atoms with Crippen molar-refractivity contribution in [1.82, 2.24) is 20.5 Å². The summed E-state index contributed by atoms with van der Waals surface area (Å²) in [5.41, 5.74) is 1.10. The lowest BCUT2D eigenvalue weighted by molar-refractivity contribution is -0.137. The lowest BCUT2D eigenvalue weighted by Crippen LogP contribution is -2.64. The fraction of sp³-hybridized carbons (Fsp3) is 0.565. The second kappa shape index (κ2) is 9.31. The second-order valence-corrected chi connectivity index (χ2v) is 10.7. The van der Waals surface area contributed by atoms with Gasteiger partial charge in [-0.3, -0.25) is 19.2 Å². The Morgan fingerprint density at radius 2 is 2.00 bits per heavy atom. The van der Waals surface area contributed by atoms with E-state index in [1.54, 1.807) is 16.3 Å². The van der Waals surface area contributed by atoms with E-state index in [2.05, 4.69) is 15.6 Å². The molecular formula is C23H27ClN4O5S. The fourth-order valence-corrected chi connectivity index (χ4v) is 6.86. The van der Waals surface area contributed by atoms with Crippen molar-refractivity contribution in [3.8, 4) is 0 Å². The van der Waals surface area contributed by atoms with Crippen LogP contribution in [-0.4, -0.2) is 69.8 Å². The highest BCUT2D eigenvalue weighted by molar-refractivity contribution is 7.17. The van der Waals surface area contributed by atoms with Crippen LogP contribution in [0.5, 0.6) is 0 Å². The number of aromatic nitrogens is 1. The van der Waals surface area contributed by atoms with Gasteiger partial charge in [-0.25, -0.2) is 0 Å². The van der Waals surface area contributed by atoms with Crippen LogP contribution in [-0.2, 0) is 14.4 Å². The summed E-state index contributed by atoms with van der Waals surface area (Å²) in [5, 5.41) is 17.3. The zero-order valence-electron chi connectivity index (χ0n) is 18.5.